The summed E-state index contributed by atoms with van der Waals surface area (Å²) in [4.78, 5) is 18.4. The number of fused-ring (bicyclic) bond motifs is 1. The number of nitrogens with zero attached hydrogens (tertiary/aromatic N) is 2. The molecule has 1 saturated heterocycles. The lowest BCUT2D eigenvalue weighted by Gasteiger charge is -2.31. The van der Waals surface area contributed by atoms with Crippen LogP contribution in [0.4, 0.5) is 0 Å². The Balaban J connectivity index is 1.55. The molecule has 1 aromatic rings. The van der Waals surface area contributed by atoms with Crippen LogP contribution in [0.1, 0.15) is 24.9 Å². The average Bonchev–Trinajstić information content (AvgIpc) is 2.60. The van der Waals surface area contributed by atoms with Gasteiger partial charge in [0.15, 0.2) is 5.96 Å². The molecule has 2 heterocycles. The number of carbonyl (C=O) groups excluding carboxylic acids is 1. The first kappa shape index (κ1) is 16.6. The molecule has 3 rings (SSSR count). The van der Waals surface area contributed by atoms with Crippen molar-refractivity contribution in [1.82, 2.24) is 10.2 Å². The first-order chi connectivity index (χ1) is 11.6. The number of para-hydroxylation sites is 1. The Morgan fingerprint density at radius 1 is 1.42 bits per heavy atom. The van der Waals surface area contributed by atoms with E-state index in [2.05, 4.69) is 10.3 Å². The second-order valence-electron chi connectivity index (χ2n) is 6.10. The van der Waals surface area contributed by atoms with Crippen LogP contribution >= 0.6 is 0 Å². The number of hydrogen-bond donors (Lipinski definition) is 2. The van der Waals surface area contributed by atoms with E-state index in [1.807, 2.05) is 36.1 Å². The summed E-state index contributed by atoms with van der Waals surface area (Å²) in [6.45, 7) is 4.65. The van der Waals surface area contributed by atoms with Gasteiger partial charge in [-0.15, -0.1) is 0 Å². The molecular formula is C17H24N4O3. The van der Waals surface area contributed by atoms with E-state index in [-0.39, 0.29) is 24.6 Å². The van der Waals surface area contributed by atoms with Crippen LogP contribution in [0.15, 0.2) is 29.3 Å². The number of carbonyl (C=O) groups is 1. The van der Waals surface area contributed by atoms with Gasteiger partial charge in [0.25, 0.3) is 0 Å². The molecule has 0 radical (unpaired) electrons. The van der Waals surface area contributed by atoms with E-state index in [1.165, 1.54) is 0 Å². The number of aliphatic imine (C=N–C) groups is 1. The van der Waals surface area contributed by atoms with Gasteiger partial charge in [0, 0.05) is 25.1 Å². The van der Waals surface area contributed by atoms with Gasteiger partial charge in [-0.05, 0) is 13.0 Å². The van der Waals surface area contributed by atoms with Crippen molar-refractivity contribution >= 4 is 11.9 Å². The third-order valence-corrected chi connectivity index (χ3v) is 4.24. The lowest BCUT2D eigenvalue weighted by atomic mass is 10.0. The van der Waals surface area contributed by atoms with Crippen LogP contribution in [0.5, 0.6) is 5.75 Å². The summed E-state index contributed by atoms with van der Waals surface area (Å²) in [5.74, 6) is 1.09. The monoisotopic (exact) mass is 332 g/mol. The second kappa shape index (κ2) is 7.53. The second-order valence-corrected chi connectivity index (χ2v) is 6.10. The van der Waals surface area contributed by atoms with E-state index in [0.29, 0.717) is 32.3 Å². The molecule has 2 aliphatic heterocycles. The Bertz CT molecular complexity index is 620. The maximum atomic E-state index is 12.2. The number of rotatable bonds is 3. The molecule has 7 nitrogen and oxygen atoms in total. The zero-order valence-electron chi connectivity index (χ0n) is 13.9. The molecule has 2 unspecified atom stereocenters. The van der Waals surface area contributed by atoms with Crippen molar-refractivity contribution in [3.8, 4) is 5.75 Å². The molecule has 1 amide bonds. The van der Waals surface area contributed by atoms with E-state index in [1.54, 1.807) is 0 Å². The Kier molecular flexibility index (Phi) is 5.20. The van der Waals surface area contributed by atoms with Crippen molar-refractivity contribution in [2.45, 2.75) is 25.5 Å². The number of amides is 1. The molecule has 1 fully saturated rings. The standard InChI is InChI=1S/C17H24N4O3/c1-12-11-21(7-9-23-12)17(18)19-10-16(22)20-14-6-8-24-15-5-3-2-4-13(14)15/h2-5,12,14H,6-11H2,1H3,(H2,18,19)(H,20,22). The topological polar surface area (TPSA) is 89.2 Å². The normalized spacial score (nSPS) is 24.0. The van der Waals surface area contributed by atoms with E-state index >= 15 is 0 Å². The van der Waals surface area contributed by atoms with Crippen molar-refractivity contribution in [3.05, 3.63) is 29.8 Å². The third kappa shape index (κ3) is 3.97. The molecule has 2 atom stereocenters. The molecule has 7 heteroatoms. The summed E-state index contributed by atoms with van der Waals surface area (Å²) in [6, 6.07) is 7.73. The van der Waals surface area contributed by atoms with Crippen LogP contribution in [0.25, 0.3) is 0 Å². The van der Waals surface area contributed by atoms with Crippen molar-refractivity contribution in [2.75, 3.05) is 32.8 Å². The molecule has 130 valence electrons. The summed E-state index contributed by atoms with van der Waals surface area (Å²) in [5, 5.41) is 3.02. The minimum atomic E-state index is -0.138. The van der Waals surface area contributed by atoms with Crippen LogP contribution in [0, 0.1) is 0 Å². The Hall–Kier alpha value is -2.28. The number of benzene rings is 1. The van der Waals surface area contributed by atoms with E-state index in [0.717, 1.165) is 17.7 Å². The van der Waals surface area contributed by atoms with Crippen molar-refractivity contribution in [1.29, 1.82) is 0 Å². The van der Waals surface area contributed by atoms with Gasteiger partial charge < -0.3 is 25.4 Å². The Morgan fingerprint density at radius 3 is 3.08 bits per heavy atom. The highest BCUT2D eigenvalue weighted by atomic mass is 16.5. The Morgan fingerprint density at radius 2 is 2.25 bits per heavy atom. The molecule has 2 aliphatic rings. The summed E-state index contributed by atoms with van der Waals surface area (Å²) in [7, 11) is 0. The maximum Gasteiger partial charge on any atom is 0.242 e. The summed E-state index contributed by atoms with van der Waals surface area (Å²) < 4.78 is 11.1. The van der Waals surface area contributed by atoms with Crippen LogP contribution < -0.4 is 15.8 Å². The number of nitrogens with two attached hydrogens (primary N) is 1. The number of morpholine rings is 1. The highest BCUT2D eigenvalue weighted by Gasteiger charge is 2.23. The summed E-state index contributed by atoms with van der Waals surface area (Å²) >= 11 is 0. The van der Waals surface area contributed by atoms with Crippen molar-refractivity contribution in [2.24, 2.45) is 10.7 Å². The van der Waals surface area contributed by atoms with Crippen molar-refractivity contribution in [3.63, 3.8) is 0 Å². The fourth-order valence-electron chi connectivity index (χ4n) is 3.01. The first-order valence-corrected chi connectivity index (χ1v) is 8.31. The zero-order valence-corrected chi connectivity index (χ0v) is 13.9. The number of ether oxygens (including phenoxy) is 2. The van der Waals surface area contributed by atoms with Crippen LogP contribution in [0.3, 0.4) is 0 Å². The smallest absolute Gasteiger partial charge is 0.242 e. The van der Waals surface area contributed by atoms with Gasteiger partial charge in [-0.25, -0.2) is 4.99 Å². The third-order valence-electron chi connectivity index (χ3n) is 4.24. The summed E-state index contributed by atoms with van der Waals surface area (Å²) in [6.07, 6.45) is 0.878. The van der Waals surface area contributed by atoms with Gasteiger partial charge in [-0.2, -0.15) is 0 Å². The van der Waals surface area contributed by atoms with Crippen LogP contribution in [-0.2, 0) is 9.53 Å². The minimum Gasteiger partial charge on any atom is -0.493 e. The molecule has 0 bridgehead atoms. The SMILES string of the molecule is CC1CN(C(N)=NCC(=O)NC2CCOc3ccccc32)CCO1. The average molecular weight is 332 g/mol. The molecule has 24 heavy (non-hydrogen) atoms. The van der Waals surface area contributed by atoms with Crippen LogP contribution in [-0.4, -0.2) is 55.7 Å². The summed E-state index contributed by atoms with van der Waals surface area (Å²) in [5.41, 5.74) is 7.00. The molecule has 1 aromatic carbocycles. The maximum absolute atomic E-state index is 12.2. The van der Waals surface area contributed by atoms with Gasteiger partial charge in [0.05, 0.1) is 25.4 Å². The van der Waals surface area contributed by atoms with E-state index < -0.39 is 0 Å². The fraction of sp³-hybridized carbons (Fsp3) is 0.529. The molecule has 0 saturated carbocycles. The van der Waals surface area contributed by atoms with Crippen molar-refractivity contribution < 1.29 is 14.3 Å². The highest BCUT2D eigenvalue weighted by Crippen LogP contribution is 2.31. The van der Waals surface area contributed by atoms with Gasteiger partial charge in [-0.3, -0.25) is 4.79 Å². The minimum absolute atomic E-state index is 0.0249. The van der Waals surface area contributed by atoms with Gasteiger partial charge in [-0.1, -0.05) is 18.2 Å². The predicted octanol–water partition coefficient (Wildman–Crippen LogP) is 0.662. The molecule has 0 aromatic heterocycles. The van der Waals surface area contributed by atoms with Crippen LogP contribution in [0.2, 0.25) is 0 Å². The number of guanidine groups is 1. The molecule has 0 aliphatic carbocycles. The number of hydrogen-bond acceptors (Lipinski definition) is 4. The Labute approximate surface area is 141 Å². The molecular weight excluding hydrogens is 308 g/mol. The van der Waals surface area contributed by atoms with Gasteiger partial charge in [0.2, 0.25) is 5.91 Å². The molecule has 3 N–H and O–H groups in total. The quantitative estimate of drug-likeness (QED) is 0.627. The first-order valence-electron chi connectivity index (χ1n) is 8.31. The lowest BCUT2D eigenvalue weighted by Crippen LogP contribution is -2.48. The van der Waals surface area contributed by atoms with E-state index in [9.17, 15) is 4.79 Å². The lowest BCUT2D eigenvalue weighted by molar-refractivity contribution is -0.120. The van der Waals surface area contributed by atoms with Gasteiger partial charge >= 0.3 is 0 Å². The molecule has 0 spiro atoms. The largest absolute Gasteiger partial charge is 0.493 e. The number of nitrogens with one attached hydrogen (secondary N) is 1. The van der Waals surface area contributed by atoms with E-state index in [4.69, 9.17) is 15.2 Å². The fourth-order valence-corrected chi connectivity index (χ4v) is 3.01. The predicted molar refractivity (Wildman–Crippen MR) is 90.9 cm³/mol. The van der Waals surface area contributed by atoms with Gasteiger partial charge in [0.1, 0.15) is 12.3 Å². The highest BCUT2D eigenvalue weighted by molar-refractivity contribution is 5.84. The zero-order chi connectivity index (χ0) is 16.9.